The number of hydrogen-bond acceptors (Lipinski definition) is 5. The van der Waals surface area contributed by atoms with Gasteiger partial charge in [0.05, 0.1) is 0 Å². The average molecular weight is 477 g/mol. The Bertz CT molecular complexity index is 1180. The van der Waals surface area contributed by atoms with E-state index in [1.165, 1.54) is 18.2 Å². The Morgan fingerprint density at radius 1 is 0.943 bits per heavy atom. The van der Waals surface area contributed by atoms with Gasteiger partial charge in [-0.3, -0.25) is 9.59 Å². The van der Waals surface area contributed by atoms with Crippen molar-refractivity contribution in [2.45, 2.75) is 31.3 Å². The van der Waals surface area contributed by atoms with Crippen LogP contribution in [-0.2, 0) is 27.4 Å². The van der Waals surface area contributed by atoms with Gasteiger partial charge in [0.15, 0.2) is 6.04 Å². The average Bonchev–Trinajstić information content (AvgIpc) is 2.88. The van der Waals surface area contributed by atoms with Gasteiger partial charge in [0.25, 0.3) is 5.91 Å². The molecule has 0 unspecified atom stereocenters. The second kappa shape index (κ2) is 11.1. The largest absolute Gasteiger partial charge is 0.468 e. The summed E-state index contributed by atoms with van der Waals surface area (Å²) in [5.41, 5.74) is 0.996. The van der Waals surface area contributed by atoms with Gasteiger partial charge >= 0.3 is 6.09 Å². The second-order valence-electron chi connectivity index (χ2n) is 7.90. The van der Waals surface area contributed by atoms with E-state index < -0.39 is 42.0 Å². The van der Waals surface area contributed by atoms with Gasteiger partial charge in [0, 0.05) is 6.42 Å². The van der Waals surface area contributed by atoms with Crippen LogP contribution in [0.25, 0.3) is 0 Å². The van der Waals surface area contributed by atoms with Crippen molar-refractivity contribution in [2.24, 2.45) is 0 Å². The highest BCUT2D eigenvalue weighted by Crippen LogP contribution is 2.16. The molecule has 1 saturated heterocycles. The van der Waals surface area contributed by atoms with Crippen LogP contribution in [0.3, 0.4) is 0 Å². The number of nitrogens with one attached hydrogen (secondary N) is 3. The maximum atomic E-state index is 14.3. The third kappa shape index (κ3) is 6.35. The molecular weight excluding hydrogens is 453 g/mol. The Labute approximate surface area is 201 Å². The minimum absolute atomic E-state index is 0.00126. The lowest BCUT2D eigenvalue weighted by Crippen LogP contribution is -2.72. The number of rotatable bonds is 9. The highest BCUT2D eigenvalue weighted by molar-refractivity contribution is 5.95. The number of para-hydroxylation sites is 1. The van der Waals surface area contributed by atoms with Crippen LogP contribution in [0.1, 0.15) is 11.1 Å². The summed E-state index contributed by atoms with van der Waals surface area (Å²) in [6.45, 7) is -0.00126. The minimum Gasteiger partial charge on any atom is -0.468 e. The van der Waals surface area contributed by atoms with Gasteiger partial charge in [0.1, 0.15) is 24.2 Å². The Kier molecular flexibility index (Phi) is 7.57. The number of alkyl carbamates (subject to hydrolysis) is 1. The Morgan fingerprint density at radius 2 is 1.60 bits per heavy atom. The van der Waals surface area contributed by atoms with Crippen molar-refractivity contribution in [2.75, 3.05) is 0 Å². The zero-order chi connectivity index (χ0) is 24.6. The molecule has 0 spiro atoms. The fraction of sp³-hybridized carbons (Fsp3) is 0.192. The lowest BCUT2D eigenvalue weighted by Gasteiger charge is -2.37. The molecule has 35 heavy (non-hydrogen) atoms. The first kappa shape index (κ1) is 23.7. The van der Waals surface area contributed by atoms with Crippen LogP contribution in [0, 0.1) is 5.82 Å². The van der Waals surface area contributed by atoms with E-state index in [0.29, 0.717) is 5.75 Å². The topological polar surface area (TPSA) is 106 Å². The van der Waals surface area contributed by atoms with E-state index in [4.69, 9.17) is 9.47 Å². The van der Waals surface area contributed by atoms with E-state index >= 15 is 0 Å². The van der Waals surface area contributed by atoms with Crippen LogP contribution in [0.2, 0.25) is 0 Å². The number of hydrogen-bond donors (Lipinski definition) is 3. The lowest BCUT2D eigenvalue weighted by atomic mass is 10.0. The Balaban J connectivity index is 1.42. The van der Waals surface area contributed by atoms with Gasteiger partial charge in [-0.15, -0.1) is 0 Å². The highest BCUT2D eigenvalue weighted by Gasteiger charge is 2.43. The maximum Gasteiger partial charge on any atom is 0.408 e. The van der Waals surface area contributed by atoms with Crippen molar-refractivity contribution in [3.05, 3.63) is 102 Å². The van der Waals surface area contributed by atoms with Gasteiger partial charge in [-0.05, 0) is 29.3 Å². The molecule has 0 saturated carbocycles. The van der Waals surface area contributed by atoms with Gasteiger partial charge in [-0.25, -0.2) is 9.18 Å². The Morgan fingerprint density at radius 3 is 2.29 bits per heavy atom. The van der Waals surface area contributed by atoms with E-state index in [-0.39, 0.29) is 18.6 Å². The summed E-state index contributed by atoms with van der Waals surface area (Å²) in [6.07, 6.45) is -1.77. The van der Waals surface area contributed by atoms with Gasteiger partial charge in [-0.1, -0.05) is 66.7 Å². The fourth-order valence-corrected chi connectivity index (χ4v) is 3.49. The van der Waals surface area contributed by atoms with Crippen molar-refractivity contribution in [1.29, 1.82) is 0 Å². The molecule has 4 rings (SSSR count). The van der Waals surface area contributed by atoms with Crippen molar-refractivity contribution in [1.82, 2.24) is 16.0 Å². The lowest BCUT2D eigenvalue weighted by molar-refractivity contribution is -0.143. The Hall–Kier alpha value is -4.40. The molecule has 1 heterocycles. The van der Waals surface area contributed by atoms with E-state index in [1.54, 1.807) is 42.5 Å². The summed E-state index contributed by atoms with van der Waals surface area (Å²) in [5.74, 6) is -1.11. The molecule has 0 radical (unpaired) electrons. The first-order valence-corrected chi connectivity index (χ1v) is 11.0. The first-order chi connectivity index (χ1) is 17.0. The zero-order valence-electron chi connectivity index (χ0n) is 18.6. The van der Waals surface area contributed by atoms with E-state index in [2.05, 4.69) is 16.0 Å². The second-order valence-corrected chi connectivity index (χ2v) is 7.90. The smallest absolute Gasteiger partial charge is 0.408 e. The summed E-state index contributed by atoms with van der Waals surface area (Å²) >= 11 is 0. The van der Waals surface area contributed by atoms with Crippen molar-refractivity contribution < 1.29 is 28.2 Å². The molecule has 9 heteroatoms. The zero-order valence-corrected chi connectivity index (χ0v) is 18.6. The standard InChI is InChI=1S/C26H24FN3O5/c27-20-14-8-7-11-18(20)15-21(28-26(33)34-16-17-9-3-1-4-10-17)23(31)29-22-24(32)30-25(22)35-19-12-5-2-6-13-19/h1-14,21-22,25H,15-16H2,(H,28,33)(H,29,31)(H,30,32)/t21-,22+,25-/m0/s1. The van der Waals surface area contributed by atoms with Crippen LogP contribution >= 0.6 is 0 Å². The molecule has 180 valence electrons. The van der Waals surface area contributed by atoms with Crippen molar-refractivity contribution >= 4 is 17.9 Å². The minimum atomic E-state index is -1.19. The van der Waals surface area contributed by atoms with E-state index in [0.717, 1.165) is 5.56 Å². The molecule has 0 bridgehead atoms. The van der Waals surface area contributed by atoms with Crippen LogP contribution < -0.4 is 20.7 Å². The van der Waals surface area contributed by atoms with Crippen LogP contribution in [0.4, 0.5) is 9.18 Å². The maximum absolute atomic E-state index is 14.3. The van der Waals surface area contributed by atoms with Crippen LogP contribution in [0.15, 0.2) is 84.9 Å². The summed E-state index contributed by atoms with van der Waals surface area (Å²) in [5, 5.41) is 7.65. The molecule has 3 aromatic rings. The normalized spacial score (nSPS) is 17.3. The predicted molar refractivity (Wildman–Crippen MR) is 125 cm³/mol. The molecule has 3 N–H and O–H groups in total. The number of carbonyl (C=O) groups is 3. The first-order valence-electron chi connectivity index (χ1n) is 11.0. The van der Waals surface area contributed by atoms with Gasteiger partial charge < -0.3 is 25.4 Å². The quantitative estimate of drug-likeness (QED) is 0.411. The molecule has 1 aliphatic rings. The van der Waals surface area contributed by atoms with Crippen LogP contribution in [-0.4, -0.2) is 36.2 Å². The van der Waals surface area contributed by atoms with Crippen molar-refractivity contribution in [3.8, 4) is 5.75 Å². The molecular formula is C26H24FN3O5. The molecule has 0 aliphatic carbocycles. The number of β-lactam (4-membered cyclic amide) rings is 1. The van der Waals surface area contributed by atoms with E-state index in [9.17, 15) is 18.8 Å². The van der Waals surface area contributed by atoms with Crippen LogP contribution in [0.5, 0.6) is 5.75 Å². The summed E-state index contributed by atoms with van der Waals surface area (Å²) < 4.78 is 25.2. The predicted octanol–water partition coefficient (Wildman–Crippen LogP) is 2.68. The van der Waals surface area contributed by atoms with Crippen molar-refractivity contribution in [3.63, 3.8) is 0 Å². The summed E-state index contributed by atoms with van der Waals surface area (Å²) in [6, 6.07) is 21.6. The van der Waals surface area contributed by atoms with Gasteiger partial charge in [0.2, 0.25) is 12.1 Å². The third-order valence-electron chi connectivity index (χ3n) is 5.38. The third-order valence-corrected chi connectivity index (χ3v) is 5.38. The molecule has 3 aromatic carbocycles. The van der Waals surface area contributed by atoms with Gasteiger partial charge in [-0.2, -0.15) is 0 Å². The van der Waals surface area contributed by atoms with E-state index in [1.807, 2.05) is 24.3 Å². The molecule has 1 aliphatic heterocycles. The summed E-state index contributed by atoms with van der Waals surface area (Å²) in [4.78, 5) is 37.6. The molecule has 1 fully saturated rings. The number of halogens is 1. The molecule has 0 aromatic heterocycles. The molecule has 8 nitrogen and oxygen atoms in total. The fourth-order valence-electron chi connectivity index (χ4n) is 3.49. The number of benzene rings is 3. The summed E-state index contributed by atoms with van der Waals surface area (Å²) in [7, 11) is 0. The molecule has 3 atom stereocenters. The number of ether oxygens (including phenoxy) is 2. The number of amides is 3. The highest BCUT2D eigenvalue weighted by atomic mass is 19.1. The number of carbonyl (C=O) groups excluding carboxylic acids is 3. The molecule has 3 amide bonds. The SMILES string of the molecule is O=C(N[C@@H](Cc1ccccc1F)C(=O)N[C@@H]1C(=O)N[C@H]1Oc1ccccc1)OCc1ccccc1. The monoisotopic (exact) mass is 477 g/mol.